The lowest BCUT2D eigenvalue weighted by Crippen LogP contribution is -2.62. The number of hydrogen-bond acceptors (Lipinski definition) is 12. The van der Waals surface area contributed by atoms with Gasteiger partial charge in [-0.05, 0) is 132 Å². The van der Waals surface area contributed by atoms with E-state index in [9.17, 15) is 19.5 Å². The fourth-order valence-corrected chi connectivity index (χ4v) is 13.6. The summed E-state index contributed by atoms with van der Waals surface area (Å²) in [6.07, 6.45) is 6.32. The Morgan fingerprint density at radius 2 is 1.36 bits per heavy atom. The molecule has 15 heteroatoms. The minimum Gasteiger partial charge on any atom is -0.456 e. The molecule has 13 nitrogen and oxygen atoms in total. The molecule has 402 valence electrons. The van der Waals surface area contributed by atoms with Crippen LogP contribution in [0.3, 0.4) is 0 Å². The average Bonchev–Trinajstić information content (AvgIpc) is 3.37. The number of Topliss-reactive ketones (excluding diaryl/α,β-unsaturated/α-hetero) is 1. The van der Waals surface area contributed by atoms with E-state index >= 15 is 4.79 Å². The second-order valence-corrected chi connectivity index (χ2v) is 34.4. The average molecular weight is 1020 g/mol. The molecule has 70 heavy (non-hydrogen) atoms. The van der Waals surface area contributed by atoms with Crippen molar-refractivity contribution in [1.29, 1.82) is 0 Å². The van der Waals surface area contributed by atoms with Crippen molar-refractivity contribution in [2.24, 2.45) is 29.6 Å². The molecular formula is C55H97NO12Si2. The van der Waals surface area contributed by atoms with Crippen LogP contribution in [-0.4, -0.2) is 133 Å². The highest BCUT2D eigenvalue weighted by atomic mass is 28.4. The van der Waals surface area contributed by atoms with Crippen molar-refractivity contribution in [3.63, 3.8) is 0 Å². The lowest BCUT2D eigenvalue weighted by Gasteiger charge is -2.44. The summed E-state index contributed by atoms with van der Waals surface area (Å²) in [5, 5.41) is 12.4. The zero-order valence-electron chi connectivity index (χ0n) is 47.0. The number of rotatable bonds is 10. The molecule has 0 aromatic rings. The van der Waals surface area contributed by atoms with Gasteiger partial charge in [0.25, 0.3) is 5.91 Å². The topological polar surface area (TPSA) is 156 Å². The van der Waals surface area contributed by atoms with Gasteiger partial charge < -0.3 is 42.5 Å². The molecule has 3 fully saturated rings. The number of piperidine rings is 1. The molecule has 4 aliphatic rings. The van der Waals surface area contributed by atoms with Crippen molar-refractivity contribution < 1.29 is 56.8 Å². The van der Waals surface area contributed by atoms with Gasteiger partial charge in [-0.2, -0.15) is 0 Å². The third-order valence-electron chi connectivity index (χ3n) is 17.4. The molecule has 14 atom stereocenters. The van der Waals surface area contributed by atoms with Crippen molar-refractivity contribution in [3.05, 3.63) is 23.3 Å². The number of carbonyl (C=O) groups excluding carboxylic acids is 4. The van der Waals surface area contributed by atoms with E-state index < -0.39 is 88.5 Å². The van der Waals surface area contributed by atoms with Crippen LogP contribution in [0, 0.1) is 29.6 Å². The van der Waals surface area contributed by atoms with Crippen LogP contribution in [0.5, 0.6) is 0 Å². The van der Waals surface area contributed by atoms with E-state index in [1.807, 2.05) is 27.7 Å². The van der Waals surface area contributed by atoms with Gasteiger partial charge in [0, 0.05) is 52.0 Å². The molecule has 0 spiro atoms. The van der Waals surface area contributed by atoms with Gasteiger partial charge in [0.15, 0.2) is 22.7 Å². The summed E-state index contributed by atoms with van der Waals surface area (Å²) in [4.78, 5) is 60.6. The Bertz CT molecular complexity index is 1850. The van der Waals surface area contributed by atoms with Crippen LogP contribution in [0.1, 0.15) is 154 Å². The molecular weight excluding hydrogens is 923 g/mol. The zero-order chi connectivity index (χ0) is 52.9. The van der Waals surface area contributed by atoms with Crippen molar-refractivity contribution in [3.8, 4) is 0 Å². The lowest BCUT2D eigenvalue weighted by molar-refractivity contribution is -0.192. The molecule has 3 heterocycles. The fraction of sp³-hybridized carbons (Fsp3) is 0.855. The molecule has 2 bridgehead atoms. The Morgan fingerprint density at radius 1 is 0.786 bits per heavy atom. The summed E-state index contributed by atoms with van der Waals surface area (Å²) in [5.74, 6) is -4.19. The monoisotopic (exact) mass is 1020 g/mol. The largest absolute Gasteiger partial charge is 0.456 e. The number of ketones is 1. The fourth-order valence-electron chi connectivity index (χ4n) is 10.8. The summed E-state index contributed by atoms with van der Waals surface area (Å²) >= 11 is 0. The van der Waals surface area contributed by atoms with Crippen molar-refractivity contribution in [2.75, 3.05) is 27.9 Å². The molecule has 2 saturated heterocycles. The van der Waals surface area contributed by atoms with Gasteiger partial charge >= 0.3 is 11.9 Å². The quantitative estimate of drug-likeness (QED) is 0.0958. The normalized spacial score (nSPS) is 36.6. The first-order valence-corrected chi connectivity index (χ1v) is 32.5. The molecule has 1 N–H and O–H groups in total. The van der Waals surface area contributed by atoms with Crippen LogP contribution >= 0.6 is 0 Å². The van der Waals surface area contributed by atoms with Crippen LogP contribution in [0.15, 0.2) is 23.3 Å². The number of cyclic esters (lactones) is 1. The van der Waals surface area contributed by atoms with Gasteiger partial charge in [-0.15, -0.1) is 0 Å². The number of ether oxygens (including phenoxy) is 5. The number of amides is 1. The number of allylic oxidation sites excluding steroid dienone is 3. The molecule has 1 saturated carbocycles. The van der Waals surface area contributed by atoms with Gasteiger partial charge in [0.2, 0.25) is 5.60 Å². The van der Waals surface area contributed by atoms with Crippen LogP contribution in [0.4, 0.5) is 0 Å². The van der Waals surface area contributed by atoms with Gasteiger partial charge in [0.1, 0.15) is 17.9 Å². The predicted molar refractivity (Wildman–Crippen MR) is 280 cm³/mol. The second-order valence-electron chi connectivity index (χ2n) is 24.9. The van der Waals surface area contributed by atoms with E-state index in [0.29, 0.717) is 32.1 Å². The molecule has 1 amide bonds. The number of carbonyl (C=O) groups is 4. The molecule has 3 aliphatic heterocycles. The number of methoxy groups -OCH3 is 3. The van der Waals surface area contributed by atoms with Crippen LogP contribution in [0.2, 0.25) is 36.3 Å². The van der Waals surface area contributed by atoms with Crippen molar-refractivity contribution in [2.45, 2.75) is 244 Å². The lowest BCUT2D eigenvalue weighted by atomic mass is 9.81. The van der Waals surface area contributed by atoms with E-state index in [1.165, 1.54) is 12.0 Å². The molecule has 0 aromatic carbocycles. The van der Waals surface area contributed by atoms with E-state index in [0.717, 1.165) is 30.4 Å². The van der Waals surface area contributed by atoms with Gasteiger partial charge in [-0.25, -0.2) is 9.59 Å². The smallest absolute Gasteiger partial charge is 0.348 e. The Morgan fingerprint density at radius 3 is 1.91 bits per heavy atom. The first-order chi connectivity index (χ1) is 32.4. The third kappa shape index (κ3) is 14.1. The first kappa shape index (κ1) is 60.3. The Labute approximate surface area is 425 Å². The van der Waals surface area contributed by atoms with E-state index in [-0.39, 0.29) is 71.6 Å². The predicted octanol–water partition coefficient (Wildman–Crippen LogP) is 10.5. The number of esters is 2. The zero-order valence-corrected chi connectivity index (χ0v) is 49.0. The minimum atomic E-state index is -2.60. The van der Waals surface area contributed by atoms with E-state index in [4.69, 9.17) is 32.5 Å². The molecule has 4 rings (SSSR count). The van der Waals surface area contributed by atoms with Gasteiger partial charge in [-0.1, -0.05) is 87.0 Å². The maximum atomic E-state index is 15.1. The Kier molecular flexibility index (Phi) is 21.0. The second kappa shape index (κ2) is 24.4. The van der Waals surface area contributed by atoms with Crippen molar-refractivity contribution >= 4 is 40.3 Å². The highest BCUT2D eigenvalue weighted by Gasteiger charge is 2.59. The summed E-state index contributed by atoms with van der Waals surface area (Å²) < 4.78 is 45.2. The number of fused-ring (bicyclic) bond motifs is 4. The molecule has 0 unspecified atom stereocenters. The molecule has 1 aliphatic carbocycles. The summed E-state index contributed by atoms with van der Waals surface area (Å²) in [6.45, 7) is 34.2. The van der Waals surface area contributed by atoms with Crippen LogP contribution < -0.4 is 0 Å². The molecule has 0 radical (unpaired) electrons. The highest BCUT2D eigenvalue weighted by molar-refractivity contribution is 6.74. The van der Waals surface area contributed by atoms with E-state index in [2.05, 4.69) is 86.8 Å². The Hall–Kier alpha value is -2.25. The number of aliphatic hydroxyl groups is 1. The number of nitrogens with zero attached hydrogens (tertiary/aromatic N) is 1. The SMILES string of the molecule is CC[C@@H]1/C=C(/C)C[C@H](C)C[C@H](OC)[C@H]2OC(=O)[C@@](O)(C(=O)N3CCCC[C@H]3C(=O)O[C@H](/C(C)=C/[C@@H]3CC[C@@H](O[Si](C)(C)C(C)(C)C)[C@H](OC)C3)[C@H](C)[C@@H](O[Si](C)(C)C(C)(C)C)CC1=O)[C@H](C)C[C@@H]2OC. The molecule has 0 aromatic heterocycles. The number of hydrogen-bond donors (Lipinski definition) is 1. The van der Waals surface area contributed by atoms with Crippen LogP contribution in [0.25, 0.3) is 0 Å². The minimum absolute atomic E-state index is 0.0339. The maximum absolute atomic E-state index is 15.1. The summed E-state index contributed by atoms with van der Waals surface area (Å²) in [6, 6.07) is -1.09. The van der Waals surface area contributed by atoms with Crippen LogP contribution in [-0.2, 0) is 51.7 Å². The van der Waals surface area contributed by atoms with Gasteiger partial charge in [0.05, 0.1) is 30.5 Å². The Balaban J connectivity index is 1.89. The standard InChI is InChI=1S/C55H97NO12Si2/c1-20-40-28-34(2)27-35(3)29-46(63-14)49-47(64-15)31-37(5)55(61,52(60)66-49)51(59)56-26-22-21-23-41(56)50(58)65-48(38(6)44(33-42(40)57)68-70(18,19)54(10,11)12)36(4)30-39-24-25-43(45(32-39)62-13)67-69(16,17)53(7,8)9/h28,30,35,37-41,43-49,61H,20-27,29,31-33H2,1-19H3/b34-28-,36-30+/t35-,37+,38+,39-,40+,41-,43+,44-,45+,46-,47-,48+,49+,55-/m0/s1. The van der Waals surface area contributed by atoms with Crippen molar-refractivity contribution in [1.82, 2.24) is 4.90 Å². The first-order valence-electron chi connectivity index (χ1n) is 26.6. The summed E-state index contributed by atoms with van der Waals surface area (Å²) in [7, 11) is 0.214. The third-order valence-corrected chi connectivity index (χ3v) is 26.4. The van der Waals surface area contributed by atoms with Gasteiger partial charge in [-0.3, -0.25) is 9.59 Å². The highest BCUT2D eigenvalue weighted by Crippen LogP contribution is 2.43. The maximum Gasteiger partial charge on any atom is 0.348 e. The van der Waals surface area contributed by atoms with E-state index in [1.54, 1.807) is 21.1 Å². The summed E-state index contributed by atoms with van der Waals surface area (Å²) in [5.41, 5.74) is -0.721.